The molecule has 0 unspecified atom stereocenters. The average Bonchev–Trinajstić information content (AvgIpc) is 3.23. The Morgan fingerprint density at radius 3 is 2.26 bits per heavy atom. The fraction of sp³-hybridized carbons (Fsp3) is 0.0417. The van der Waals surface area contributed by atoms with E-state index in [1.165, 1.54) is 0 Å². The summed E-state index contributed by atoms with van der Waals surface area (Å²) in [4.78, 5) is 24.8. The molecule has 7 heteroatoms. The summed E-state index contributed by atoms with van der Waals surface area (Å²) < 4.78 is 1.70. The molecule has 31 heavy (non-hydrogen) atoms. The second kappa shape index (κ2) is 8.96. The van der Waals surface area contributed by atoms with Gasteiger partial charge in [-0.1, -0.05) is 42.0 Å². The lowest BCUT2D eigenvalue weighted by molar-refractivity contribution is 0.102. The van der Waals surface area contributed by atoms with E-state index in [-0.39, 0.29) is 11.9 Å². The first-order chi connectivity index (χ1) is 15.1. The highest BCUT2D eigenvalue weighted by Gasteiger charge is 2.10. The lowest BCUT2D eigenvalue weighted by Gasteiger charge is -2.09. The van der Waals surface area contributed by atoms with Gasteiger partial charge in [0, 0.05) is 16.9 Å². The van der Waals surface area contributed by atoms with E-state index in [2.05, 4.69) is 21.0 Å². The normalized spacial score (nSPS) is 10.4. The van der Waals surface area contributed by atoms with E-state index in [4.69, 9.17) is 0 Å². The van der Waals surface area contributed by atoms with Crippen molar-refractivity contribution in [3.8, 4) is 5.69 Å². The Morgan fingerprint density at radius 2 is 1.48 bits per heavy atom. The predicted octanol–water partition coefficient (Wildman–Crippen LogP) is 5.08. The molecule has 3 N–H and O–H groups in total. The maximum Gasteiger partial charge on any atom is 0.323 e. The molecule has 0 aliphatic rings. The summed E-state index contributed by atoms with van der Waals surface area (Å²) in [5, 5.41) is 12.6. The highest BCUT2D eigenvalue weighted by molar-refractivity contribution is 6.06. The minimum Gasteiger partial charge on any atom is -0.319 e. The molecule has 0 atom stereocenters. The summed E-state index contributed by atoms with van der Waals surface area (Å²) in [5.74, 6) is -0.296. The van der Waals surface area contributed by atoms with Crippen molar-refractivity contribution < 1.29 is 9.59 Å². The van der Waals surface area contributed by atoms with Crippen molar-refractivity contribution in [2.45, 2.75) is 6.92 Å². The number of hydrogen-bond acceptors (Lipinski definition) is 3. The molecule has 1 heterocycles. The SMILES string of the molecule is Cc1ccc(-n2cc(NC(=O)c3cccc(NC(=O)Nc4ccccc4)c3)cn2)cc1. The Bertz CT molecular complexity index is 1200. The number of para-hydroxylation sites is 1. The molecule has 3 aromatic carbocycles. The number of aromatic nitrogens is 2. The number of benzene rings is 3. The molecule has 0 aliphatic heterocycles. The number of anilines is 3. The van der Waals surface area contributed by atoms with Crippen LogP contribution in [0.3, 0.4) is 0 Å². The summed E-state index contributed by atoms with van der Waals surface area (Å²) in [6, 6.07) is 23.4. The third-order valence-electron chi connectivity index (χ3n) is 4.55. The van der Waals surface area contributed by atoms with Gasteiger partial charge >= 0.3 is 6.03 Å². The Balaban J connectivity index is 1.40. The summed E-state index contributed by atoms with van der Waals surface area (Å²) in [6.07, 6.45) is 3.34. The smallest absolute Gasteiger partial charge is 0.319 e. The summed E-state index contributed by atoms with van der Waals surface area (Å²) in [6.45, 7) is 2.02. The van der Waals surface area contributed by atoms with Gasteiger partial charge in [-0.25, -0.2) is 9.48 Å². The number of amides is 3. The van der Waals surface area contributed by atoms with E-state index >= 15 is 0 Å². The van der Waals surface area contributed by atoms with E-state index in [0.29, 0.717) is 22.6 Å². The fourth-order valence-corrected chi connectivity index (χ4v) is 2.98. The quantitative estimate of drug-likeness (QED) is 0.428. The van der Waals surface area contributed by atoms with Gasteiger partial charge in [0.1, 0.15) is 0 Å². The van der Waals surface area contributed by atoms with Gasteiger partial charge < -0.3 is 16.0 Å². The Kier molecular flexibility index (Phi) is 5.75. The first-order valence-electron chi connectivity index (χ1n) is 9.73. The number of carbonyl (C=O) groups excluding carboxylic acids is 2. The van der Waals surface area contributed by atoms with Gasteiger partial charge in [-0.05, 0) is 49.4 Å². The van der Waals surface area contributed by atoms with E-state index in [1.54, 1.807) is 53.5 Å². The molecule has 4 rings (SSSR count). The number of hydrogen-bond donors (Lipinski definition) is 3. The molecule has 0 radical (unpaired) electrons. The second-order valence-corrected chi connectivity index (χ2v) is 6.99. The van der Waals surface area contributed by atoms with Crippen molar-refractivity contribution in [1.82, 2.24) is 9.78 Å². The second-order valence-electron chi connectivity index (χ2n) is 6.99. The van der Waals surface area contributed by atoms with Crippen molar-refractivity contribution in [2.24, 2.45) is 0 Å². The van der Waals surface area contributed by atoms with Crippen LogP contribution in [0.4, 0.5) is 21.9 Å². The molecule has 0 saturated heterocycles. The minimum absolute atomic E-state index is 0.296. The summed E-state index contributed by atoms with van der Waals surface area (Å²) in [5.41, 5.74) is 4.25. The van der Waals surface area contributed by atoms with Crippen LogP contribution in [0, 0.1) is 6.92 Å². The highest BCUT2D eigenvalue weighted by atomic mass is 16.2. The molecule has 3 amide bonds. The van der Waals surface area contributed by atoms with E-state index in [0.717, 1.165) is 11.3 Å². The van der Waals surface area contributed by atoms with Gasteiger partial charge in [0.15, 0.2) is 0 Å². The zero-order chi connectivity index (χ0) is 21.6. The van der Waals surface area contributed by atoms with E-state index < -0.39 is 0 Å². The summed E-state index contributed by atoms with van der Waals surface area (Å²) >= 11 is 0. The van der Waals surface area contributed by atoms with Crippen LogP contribution < -0.4 is 16.0 Å². The van der Waals surface area contributed by atoms with Gasteiger partial charge in [-0.3, -0.25) is 4.79 Å². The standard InChI is InChI=1S/C24H21N5O2/c1-17-10-12-22(13-11-17)29-16-21(15-25-29)26-23(30)18-6-5-9-20(14-18)28-24(31)27-19-7-3-2-4-8-19/h2-16H,1H3,(H,26,30)(H2,27,28,31). The number of urea groups is 1. The van der Waals surface area contributed by atoms with Crippen LogP contribution in [0.1, 0.15) is 15.9 Å². The highest BCUT2D eigenvalue weighted by Crippen LogP contribution is 2.16. The molecule has 0 bridgehead atoms. The topological polar surface area (TPSA) is 88.0 Å². The number of carbonyl (C=O) groups is 2. The molecule has 0 aliphatic carbocycles. The monoisotopic (exact) mass is 411 g/mol. The van der Waals surface area contributed by atoms with Crippen LogP contribution in [0.5, 0.6) is 0 Å². The maximum absolute atomic E-state index is 12.7. The van der Waals surface area contributed by atoms with Crippen molar-refractivity contribution in [3.05, 3.63) is 102 Å². The van der Waals surface area contributed by atoms with Crippen LogP contribution in [-0.2, 0) is 0 Å². The average molecular weight is 411 g/mol. The first-order valence-corrected chi connectivity index (χ1v) is 9.73. The Labute approximate surface area is 179 Å². The lowest BCUT2D eigenvalue weighted by atomic mass is 10.2. The number of rotatable bonds is 5. The lowest BCUT2D eigenvalue weighted by Crippen LogP contribution is -2.20. The summed E-state index contributed by atoms with van der Waals surface area (Å²) in [7, 11) is 0. The third kappa shape index (κ3) is 5.16. The molecule has 7 nitrogen and oxygen atoms in total. The molecule has 0 fully saturated rings. The number of nitrogens with one attached hydrogen (secondary N) is 3. The van der Waals surface area contributed by atoms with Crippen LogP contribution in [0.15, 0.2) is 91.3 Å². The first kappa shape index (κ1) is 19.9. The van der Waals surface area contributed by atoms with Crippen molar-refractivity contribution in [3.63, 3.8) is 0 Å². The van der Waals surface area contributed by atoms with E-state index in [9.17, 15) is 9.59 Å². The molecular weight excluding hydrogens is 390 g/mol. The van der Waals surface area contributed by atoms with E-state index in [1.807, 2.05) is 49.4 Å². The molecular formula is C24H21N5O2. The van der Waals surface area contributed by atoms with Crippen molar-refractivity contribution in [1.29, 1.82) is 0 Å². The molecule has 154 valence electrons. The van der Waals surface area contributed by atoms with Crippen LogP contribution >= 0.6 is 0 Å². The Morgan fingerprint density at radius 1 is 0.774 bits per heavy atom. The third-order valence-corrected chi connectivity index (χ3v) is 4.55. The van der Waals surface area contributed by atoms with Gasteiger partial charge in [-0.15, -0.1) is 0 Å². The molecule has 0 saturated carbocycles. The van der Waals surface area contributed by atoms with Crippen molar-refractivity contribution >= 4 is 29.0 Å². The number of nitrogens with zero attached hydrogens (tertiary/aromatic N) is 2. The molecule has 0 spiro atoms. The Hall–Kier alpha value is -4.39. The zero-order valence-electron chi connectivity index (χ0n) is 16.9. The van der Waals surface area contributed by atoms with Crippen LogP contribution in [0.25, 0.3) is 5.69 Å². The number of aryl methyl sites for hydroxylation is 1. The minimum atomic E-state index is -0.386. The zero-order valence-corrected chi connectivity index (χ0v) is 16.9. The molecule has 1 aromatic heterocycles. The molecule has 4 aromatic rings. The largest absolute Gasteiger partial charge is 0.323 e. The maximum atomic E-state index is 12.7. The fourth-order valence-electron chi connectivity index (χ4n) is 2.98. The van der Waals surface area contributed by atoms with Gasteiger partial charge in [0.2, 0.25) is 0 Å². The van der Waals surface area contributed by atoms with Gasteiger partial charge in [0.25, 0.3) is 5.91 Å². The van der Waals surface area contributed by atoms with Crippen LogP contribution in [-0.4, -0.2) is 21.7 Å². The van der Waals surface area contributed by atoms with Gasteiger partial charge in [0.05, 0.1) is 23.8 Å². The van der Waals surface area contributed by atoms with Gasteiger partial charge in [-0.2, -0.15) is 5.10 Å². The van der Waals surface area contributed by atoms with Crippen molar-refractivity contribution in [2.75, 3.05) is 16.0 Å². The van der Waals surface area contributed by atoms with Crippen LogP contribution in [0.2, 0.25) is 0 Å². The predicted molar refractivity (Wildman–Crippen MR) is 122 cm³/mol.